The molecule has 5 nitrogen and oxygen atoms in total. The number of rotatable bonds is 4. The molecule has 4 bridgehead atoms. The third-order valence-corrected chi connectivity index (χ3v) is 15.9. The minimum Gasteiger partial charge on any atom is -0.456 e. The molecule has 1 spiro atoms. The summed E-state index contributed by atoms with van der Waals surface area (Å²) in [6.07, 6.45) is 6.55. The Morgan fingerprint density at radius 3 is 1.86 bits per heavy atom. The second kappa shape index (κ2) is 12.9. The summed E-state index contributed by atoms with van der Waals surface area (Å²) in [7, 11) is 0. The molecule has 0 radical (unpaired) electrons. The first-order chi connectivity index (χ1) is 31.7. The van der Waals surface area contributed by atoms with Crippen LogP contribution in [0.25, 0.3) is 111 Å². The van der Waals surface area contributed by atoms with E-state index >= 15 is 0 Å². The minimum absolute atomic E-state index is 0.118. The van der Waals surface area contributed by atoms with Gasteiger partial charge < -0.3 is 8.83 Å². The number of fused-ring (bicyclic) bond motifs is 11. The molecule has 0 saturated heterocycles. The van der Waals surface area contributed by atoms with Gasteiger partial charge in [-0.1, -0.05) is 121 Å². The van der Waals surface area contributed by atoms with E-state index in [2.05, 4.69) is 133 Å². The second-order valence-corrected chi connectivity index (χ2v) is 19.1. The van der Waals surface area contributed by atoms with Crippen LogP contribution < -0.4 is 0 Å². The molecule has 11 aromatic rings. The van der Waals surface area contributed by atoms with Gasteiger partial charge in [-0.2, -0.15) is 0 Å². The van der Waals surface area contributed by atoms with E-state index in [0.29, 0.717) is 29.3 Å². The van der Waals surface area contributed by atoms with Crippen LogP contribution in [0.15, 0.2) is 173 Å². The van der Waals surface area contributed by atoms with Gasteiger partial charge in [-0.3, -0.25) is 0 Å². The molecule has 4 saturated carbocycles. The van der Waals surface area contributed by atoms with Gasteiger partial charge in [0.15, 0.2) is 17.5 Å². The van der Waals surface area contributed by atoms with Crippen LogP contribution in [0.1, 0.15) is 43.2 Å². The minimum atomic E-state index is -0.118. The summed E-state index contributed by atoms with van der Waals surface area (Å²) in [4.78, 5) is 16.2. The maximum atomic E-state index is 6.61. The summed E-state index contributed by atoms with van der Waals surface area (Å²) < 4.78 is 13.0. The van der Waals surface area contributed by atoms with Gasteiger partial charge in [0, 0.05) is 43.7 Å². The Hall–Kier alpha value is -7.37. The molecule has 0 amide bonds. The van der Waals surface area contributed by atoms with Crippen LogP contribution in [-0.2, 0) is 5.41 Å². The van der Waals surface area contributed by atoms with Gasteiger partial charge in [-0.05, 0) is 142 Å². The SMILES string of the molecule is c1ccc(-c2nc(-c3cc(-c4ccc5c(c4)oc4ccccc45)c4c(c3)C3(c5c-4ccc4ccccc54)C4CC5CC(C4)CC3C5)nc(-c3cccc4oc5ccccc5c34)n2)cc1. The van der Waals surface area contributed by atoms with Crippen LogP contribution in [0.3, 0.4) is 0 Å². The molecular weight excluding hydrogens is 783 g/mol. The third-order valence-electron chi connectivity index (χ3n) is 15.9. The molecule has 8 aromatic carbocycles. The van der Waals surface area contributed by atoms with Crippen LogP contribution in [0.4, 0.5) is 0 Å². The molecule has 64 heavy (non-hydrogen) atoms. The van der Waals surface area contributed by atoms with Crippen LogP contribution in [0, 0.1) is 23.7 Å². The molecule has 0 atom stereocenters. The Morgan fingerprint density at radius 2 is 1.05 bits per heavy atom. The summed E-state index contributed by atoms with van der Waals surface area (Å²) >= 11 is 0. The van der Waals surface area contributed by atoms with Crippen molar-refractivity contribution in [1.82, 2.24) is 15.0 Å². The van der Waals surface area contributed by atoms with Gasteiger partial charge in [-0.25, -0.2) is 15.0 Å². The molecule has 0 N–H and O–H groups in total. The average Bonchev–Trinajstić information content (AvgIpc) is 4.01. The van der Waals surface area contributed by atoms with Crippen molar-refractivity contribution in [3.8, 4) is 56.4 Å². The molecule has 5 aliphatic carbocycles. The van der Waals surface area contributed by atoms with Crippen molar-refractivity contribution < 1.29 is 8.83 Å². The molecular formula is C59H41N3O2. The smallest absolute Gasteiger partial charge is 0.164 e. The number of nitrogens with zero attached hydrogens (tertiary/aromatic N) is 3. The predicted octanol–water partition coefficient (Wildman–Crippen LogP) is 15.2. The molecule has 0 unspecified atom stereocenters. The fraction of sp³-hybridized carbons (Fsp3) is 0.169. The number of para-hydroxylation sites is 2. The highest BCUT2D eigenvalue weighted by molar-refractivity contribution is 6.12. The van der Waals surface area contributed by atoms with E-state index in [1.807, 2.05) is 30.3 Å². The normalized spacial score (nSPS) is 21.8. The van der Waals surface area contributed by atoms with Gasteiger partial charge in [0.25, 0.3) is 0 Å². The van der Waals surface area contributed by atoms with E-state index in [-0.39, 0.29) is 5.41 Å². The fourth-order valence-corrected chi connectivity index (χ4v) is 13.6. The number of hydrogen-bond acceptors (Lipinski definition) is 5. The zero-order valence-corrected chi connectivity index (χ0v) is 35.1. The highest BCUT2D eigenvalue weighted by atomic mass is 16.3. The largest absolute Gasteiger partial charge is 0.456 e. The highest BCUT2D eigenvalue weighted by Gasteiger charge is 2.62. The first-order valence-corrected chi connectivity index (χ1v) is 23.0. The number of aromatic nitrogens is 3. The van der Waals surface area contributed by atoms with Crippen molar-refractivity contribution in [2.24, 2.45) is 23.7 Å². The Balaban J connectivity index is 1.05. The zero-order chi connectivity index (χ0) is 41.7. The molecule has 5 heteroatoms. The molecule has 304 valence electrons. The Morgan fingerprint density at radius 1 is 0.406 bits per heavy atom. The number of benzene rings is 8. The van der Waals surface area contributed by atoms with Gasteiger partial charge >= 0.3 is 0 Å². The van der Waals surface area contributed by atoms with Crippen molar-refractivity contribution in [1.29, 1.82) is 0 Å². The molecule has 16 rings (SSSR count). The van der Waals surface area contributed by atoms with Crippen molar-refractivity contribution >= 4 is 54.6 Å². The molecule has 3 heterocycles. The molecule has 3 aromatic heterocycles. The van der Waals surface area contributed by atoms with E-state index in [0.717, 1.165) is 78.0 Å². The van der Waals surface area contributed by atoms with Gasteiger partial charge in [-0.15, -0.1) is 0 Å². The second-order valence-electron chi connectivity index (χ2n) is 19.1. The lowest BCUT2D eigenvalue weighted by molar-refractivity contribution is -0.0393. The first kappa shape index (κ1) is 35.1. The highest BCUT2D eigenvalue weighted by Crippen LogP contribution is 2.71. The van der Waals surface area contributed by atoms with Gasteiger partial charge in [0.05, 0.1) is 0 Å². The van der Waals surface area contributed by atoms with E-state index in [1.165, 1.54) is 65.1 Å². The van der Waals surface area contributed by atoms with E-state index < -0.39 is 0 Å². The predicted molar refractivity (Wildman–Crippen MR) is 257 cm³/mol. The number of hydrogen-bond donors (Lipinski definition) is 0. The monoisotopic (exact) mass is 823 g/mol. The Bertz CT molecular complexity index is 3740. The van der Waals surface area contributed by atoms with E-state index in [9.17, 15) is 0 Å². The first-order valence-electron chi connectivity index (χ1n) is 23.0. The molecule has 5 aliphatic rings. The van der Waals surface area contributed by atoms with Crippen molar-refractivity contribution in [3.05, 3.63) is 175 Å². The Labute approximate surface area is 369 Å². The summed E-state index contributed by atoms with van der Waals surface area (Å²) in [5.74, 6) is 4.71. The van der Waals surface area contributed by atoms with Gasteiger partial charge in [0.2, 0.25) is 0 Å². The lowest BCUT2D eigenvalue weighted by Crippen LogP contribution is -2.55. The van der Waals surface area contributed by atoms with Crippen molar-refractivity contribution in [3.63, 3.8) is 0 Å². The maximum Gasteiger partial charge on any atom is 0.164 e. The van der Waals surface area contributed by atoms with Gasteiger partial charge in [0.1, 0.15) is 22.3 Å². The van der Waals surface area contributed by atoms with Crippen LogP contribution in [0.2, 0.25) is 0 Å². The fourth-order valence-electron chi connectivity index (χ4n) is 13.6. The summed E-state index contributed by atoms with van der Waals surface area (Å²) in [5, 5.41) is 7.05. The van der Waals surface area contributed by atoms with Crippen molar-refractivity contribution in [2.75, 3.05) is 0 Å². The summed E-state index contributed by atoms with van der Waals surface area (Å²) in [5.41, 5.74) is 14.3. The summed E-state index contributed by atoms with van der Waals surface area (Å²) in [6.45, 7) is 0. The van der Waals surface area contributed by atoms with Crippen LogP contribution in [-0.4, -0.2) is 15.0 Å². The van der Waals surface area contributed by atoms with Crippen molar-refractivity contribution in [2.45, 2.75) is 37.5 Å². The summed E-state index contributed by atoms with van der Waals surface area (Å²) in [6, 6.07) is 58.9. The zero-order valence-electron chi connectivity index (χ0n) is 35.1. The topological polar surface area (TPSA) is 65.0 Å². The molecule has 0 aliphatic heterocycles. The third kappa shape index (κ3) is 4.76. The standard InChI is InChI=1S/C59H41N3O2/c1-2-12-36(13-3-1)56-60-57(62-58(61-56)46-17-10-20-51-54(46)44-16-7-9-19-50(44)63-51)38-30-47(37-22-23-43-42-15-6-8-18-49(42)64-52(43)32-37)53-45-24-21-35-11-4-5-14-41(35)55(45)59(48(53)31-38)39-26-33-25-34(28-39)29-40(59)27-33/h1-24,30-34,39-40H,25-29H2. The molecule has 4 fully saturated rings. The number of furan rings is 2. The van der Waals surface area contributed by atoms with Crippen LogP contribution >= 0.6 is 0 Å². The quantitative estimate of drug-likeness (QED) is 0.177. The van der Waals surface area contributed by atoms with E-state index in [4.69, 9.17) is 23.8 Å². The average molecular weight is 824 g/mol. The lowest BCUT2D eigenvalue weighted by atomic mass is 9.43. The van der Waals surface area contributed by atoms with Crippen LogP contribution in [0.5, 0.6) is 0 Å². The Kier molecular flexibility index (Phi) is 7.06. The lowest BCUT2D eigenvalue weighted by Gasteiger charge is -2.61. The maximum absolute atomic E-state index is 6.61. The van der Waals surface area contributed by atoms with E-state index in [1.54, 1.807) is 5.56 Å².